The molecule has 0 bridgehead atoms. The SMILES string of the molecule is Cc1nn2c(=O)cc(CSC(C)c3ccccc3Cl)nc2s1. The molecular weight excluding hydrogens is 338 g/mol. The normalized spacial score (nSPS) is 12.7. The predicted octanol–water partition coefficient (Wildman–Crippen LogP) is 4.11. The van der Waals surface area contributed by atoms with Crippen molar-refractivity contribution in [2.45, 2.75) is 24.9 Å². The largest absolute Gasteiger partial charge is 0.275 e. The molecule has 7 heteroatoms. The molecule has 0 aliphatic rings. The zero-order valence-corrected chi connectivity index (χ0v) is 14.5. The molecule has 0 N–H and O–H groups in total. The van der Waals surface area contributed by atoms with Gasteiger partial charge in [0.2, 0.25) is 4.96 Å². The van der Waals surface area contributed by atoms with Gasteiger partial charge in [-0.25, -0.2) is 4.98 Å². The van der Waals surface area contributed by atoms with Gasteiger partial charge in [-0.15, -0.1) is 11.8 Å². The van der Waals surface area contributed by atoms with Gasteiger partial charge in [0.15, 0.2) is 0 Å². The molecule has 0 fully saturated rings. The molecule has 0 saturated carbocycles. The first-order valence-corrected chi connectivity index (χ1v) is 9.01. The second kappa shape index (κ2) is 6.40. The van der Waals surface area contributed by atoms with Crippen LogP contribution in [0.3, 0.4) is 0 Å². The van der Waals surface area contributed by atoms with Gasteiger partial charge in [-0.05, 0) is 25.5 Å². The molecule has 0 aliphatic heterocycles. The summed E-state index contributed by atoms with van der Waals surface area (Å²) in [6, 6.07) is 9.38. The summed E-state index contributed by atoms with van der Waals surface area (Å²) in [7, 11) is 0. The number of fused-ring (bicyclic) bond motifs is 1. The maximum atomic E-state index is 12.0. The van der Waals surface area contributed by atoms with E-state index in [0.717, 1.165) is 21.3 Å². The summed E-state index contributed by atoms with van der Waals surface area (Å²) in [5.74, 6) is 0.662. The summed E-state index contributed by atoms with van der Waals surface area (Å²) in [4.78, 5) is 17.2. The number of hydrogen-bond donors (Lipinski definition) is 0. The molecule has 2 heterocycles. The summed E-state index contributed by atoms with van der Waals surface area (Å²) in [6.07, 6.45) is 0. The lowest BCUT2D eigenvalue weighted by Crippen LogP contribution is -2.15. The van der Waals surface area contributed by atoms with E-state index in [1.165, 1.54) is 15.9 Å². The van der Waals surface area contributed by atoms with E-state index in [2.05, 4.69) is 17.0 Å². The lowest BCUT2D eigenvalue weighted by molar-refractivity contribution is 0.871. The smallest absolute Gasteiger partial charge is 0.267 e. The highest BCUT2D eigenvalue weighted by Gasteiger charge is 2.12. The van der Waals surface area contributed by atoms with Gasteiger partial charge in [0.1, 0.15) is 5.01 Å². The number of halogens is 1. The minimum absolute atomic E-state index is 0.129. The summed E-state index contributed by atoms with van der Waals surface area (Å²) >= 11 is 9.35. The molecule has 22 heavy (non-hydrogen) atoms. The number of thioether (sulfide) groups is 1. The predicted molar refractivity (Wildman–Crippen MR) is 93.0 cm³/mol. The number of aromatic nitrogens is 3. The van der Waals surface area contributed by atoms with Crippen molar-refractivity contribution in [2.24, 2.45) is 0 Å². The second-order valence-corrected chi connectivity index (χ2v) is 7.77. The van der Waals surface area contributed by atoms with Crippen LogP contribution in [0.25, 0.3) is 4.96 Å². The topological polar surface area (TPSA) is 47.3 Å². The Balaban J connectivity index is 1.79. The Labute approximate surface area is 141 Å². The molecule has 3 rings (SSSR count). The Bertz CT molecular complexity index is 875. The third-order valence-electron chi connectivity index (χ3n) is 3.22. The van der Waals surface area contributed by atoms with E-state index < -0.39 is 0 Å². The van der Waals surface area contributed by atoms with Crippen molar-refractivity contribution in [3.05, 3.63) is 62.0 Å². The van der Waals surface area contributed by atoms with Crippen LogP contribution < -0.4 is 5.56 Å². The highest BCUT2D eigenvalue weighted by atomic mass is 35.5. The van der Waals surface area contributed by atoms with Gasteiger partial charge in [-0.3, -0.25) is 4.79 Å². The Kier molecular flexibility index (Phi) is 4.52. The standard InChI is InChI=1S/C15H14ClN3OS2/c1-9(12-5-3-4-6-13(12)16)21-8-11-7-14(20)19-15(17-11)22-10(2)18-19/h3-7,9H,8H2,1-2H3. The first-order chi connectivity index (χ1) is 10.5. The van der Waals surface area contributed by atoms with Gasteiger partial charge in [0.05, 0.1) is 5.69 Å². The summed E-state index contributed by atoms with van der Waals surface area (Å²) in [6.45, 7) is 3.97. The van der Waals surface area contributed by atoms with Crippen LogP contribution in [0.15, 0.2) is 35.1 Å². The van der Waals surface area contributed by atoms with Crippen molar-refractivity contribution in [3.8, 4) is 0 Å². The van der Waals surface area contributed by atoms with Crippen LogP contribution in [-0.4, -0.2) is 14.6 Å². The van der Waals surface area contributed by atoms with Crippen LogP contribution in [0.5, 0.6) is 0 Å². The molecular formula is C15H14ClN3OS2. The highest BCUT2D eigenvalue weighted by Crippen LogP contribution is 2.34. The average Bonchev–Trinajstić information content (AvgIpc) is 2.86. The Morgan fingerprint density at radius 1 is 1.41 bits per heavy atom. The van der Waals surface area contributed by atoms with Crippen molar-refractivity contribution in [3.63, 3.8) is 0 Å². The molecule has 0 spiro atoms. The van der Waals surface area contributed by atoms with Gasteiger partial charge in [-0.1, -0.05) is 41.1 Å². The van der Waals surface area contributed by atoms with E-state index in [-0.39, 0.29) is 10.8 Å². The van der Waals surface area contributed by atoms with Crippen molar-refractivity contribution in [1.29, 1.82) is 0 Å². The quantitative estimate of drug-likeness (QED) is 0.709. The minimum atomic E-state index is -0.129. The van der Waals surface area contributed by atoms with Crippen LogP contribution in [-0.2, 0) is 5.75 Å². The van der Waals surface area contributed by atoms with E-state index in [1.54, 1.807) is 17.8 Å². The first-order valence-electron chi connectivity index (χ1n) is 6.77. The van der Waals surface area contributed by atoms with Gasteiger partial charge in [0, 0.05) is 22.1 Å². The maximum Gasteiger partial charge on any atom is 0.275 e. The Hall–Kier alpha value is -1.37. The average molecular weight is 352 g/mol. The van der Waals surface area contributed by atoms with Gasteiger partial charge >= 0.3 is 0 Å². The van der Waals surface area contributed by atoms with Crippen LogP contribution >= 0.6 is 34.7 Å². The number of hydrogen-bond acceptors (Lipinski definition) is 5. The van der Waals surface area contributed by atoms with E-state index in [0.29, 0.717) is 10.7 Å². The second-order valence-electron chi connectivity index (χ2n) is 4.88. The lowest BCUT2D eigenvalue weighted by atomic mass is 10.2. The zero-order valence-electron chi connectivity index (χ0n) is 12.1. The number of nitrogens with zero attached hydrogens (tertiary/aromatic N) is 3. The molecule has 114 valence electrons. The third-order valence-corrected chi connectivity index (χ3v) is 5.61. The van der Waals surface area contributed by atoms with Crippen LogP contribution in [0.4, 0.5) is 0 Å². The highest BCUT2D eigenvalue weighted by molar-refractivity contribution is 7.98. The van der Waals surface area contributed by atoms with Crippen molar-refractivity contribution < 1.29 is 0 Å². The van der Waals surface area contributed by atoms with Crippen LogP contribution in [0, 0.1) is 6.92 Å². The monoisotopic (exact) mass is 351 g/mol. The number of rotatable bonds is 4. The maximum absolute atomic E-state index is 12.0. The summed E-state index contributed by atoms with van der Waals surface area (Å²) < 4.78 is 1.35. The Morgan fingerprint density at radius 2 is 2.18 bits per heavy atom. The molecule has 0 aliphatic carbocycles. The van der Waals surface area contributed by atoms with E-state index in [9.17, 15) is 4.79 Å². The molecule has 4 nitrogen and oxygen atoms in total. The fourth-order valence-electron chi connectivity index (χ4n) is 2.13. The van der Waals surface area contributed by atoms with Crippen LogP contribution in [0.2, 0.25) is 5.02 Å². The molecule has 2 aromatic heterocycles. The van der Waals surface area contributed by atoms with Crippen molar-refractivity contribution in [2.75, 3.05) is 0 Å². The Morgan fingerprint density at radius 3 is 2.95 bits per heavy atom. The third kappa shape index (κ3) is 3.19. The van der Waals surface area contributed by atoms with Crippen LogP contribution in [0.1, 0.15) is 28.4 Å². The minimum Gasteiger partial charge on any atom is -0.267 e. The summed E-state index contributed by atoms with van der Waals surface area (Å²) in [5, 5.41) is 5.98. The first kappa shape index (κ1) is 15.5. The van der Waals surface area contributed by atoms with Crippen molar-refractivity contribution >= 4 is 39.7 Å². The molecule has 1 atom stereocenters. The van der Waals surface area contributed by atoms with Gasteiger partial charge in [-0.2, -0.15) is 9.61 Å². The van der Waals surface area contributed by atoms with Crippen molar-refractivity contribution in [1.82, 2.24) is 14.6 Å². The van der Waals surface area contributed by atoms with E-state index >= 15 is 0 Å². The molecule has 0 radical (unpaired) electrons. The number of aryl methyl sites for hydroxylation is 1. The van der Waals surface area contributed by atoms with Gasteiger partial charge in [0.25, 0.3) is 5.56 Å². The van der Waals surface area contributed by atoms with E-state index in [4.69, 9.17) is 11.6 Å². The molecule has 0 amide bonds. The molecule has 0 saturated heterocycles. The lowest BCUT2D eigenvalue weighted by Gasteiger charge is -2.12. The zero-order chi connectivity index (χ0) is 15.7. The van der Waals surface area contributed by atoms with E-state index in [1.807, 2.05) is 31.2 Å². The number of benzene rings is 1. The molecule has 1 aromatic carbocycles. The summed E-state index contributed by atoms with van der Waals surface area (Å²) in [5.41, 5.74) is 1.74. The molecule has 3 aromatic rings. The fraction of sp³-hybridized carbons (Fsp3) is 0.267. The van der Waals surface area contributed by atoms with Gasteiger partial charge < -0.3 is 0 Å². The molecule has 1 unspecified atom stereocenters. The fourth-order valence-corrected chi connectivity index (χ4v) is 4.22.